The number of aromatic nitrogens is 1. The zero-order valence-corrected chi connectivity index (χ0v) is 11.3. The Morgan fingerprint density at radius 2 is 1.76 bits per heavy atom. The van der Waals surface area contributed by atoms with Gasteiger partial charge in [-0.1, -0.05) is 0 Å². The van der Waals surface area contributed by atoms with E-state index in [9.17, 15) is 15.0 Å². The zero-order chi connectivity index (χ0) is 15.0. The molecule has 1 heterocycles. The number of fused-ring (bicyclic) bond motifs is 1. The van der Waals surface area contributed by atoms with Gasteiger partial charge in [-0.25, -0.2) is 0 Å². The molecular formula is C16H13NO4. The van der Waals surface area contributed by atoms with Gasteiger partial charge in [0.25, 0.3) is 5.56 Å². The Hall–Kier alpha value is -2.95. The van der Waals surface area contributed by atoms with Gasteiger partial charge in [-0.15, -0.1) is 0 Å². The Bertz CT molecular complexity index is 866. The van der Waals surface area contributed by atoms with Crippen LogP contribution in [0.5, 0.6) is 17.2 Å². The van der Waals surface area contributed by atoms with Gasteiger partial charge < -0.3 is 14.9 Å². The zero-order valence-electron chi connectivity index (χ0n) is 11.3. The monoisotopic (exact) mass is 283 g/mol. The topological polar surface area (TPSA) is 71.7 Å². The Labute approximate surface area is 120 Å². The summed E-state index contributed by atoms with van der Waals surface area (Å²) in [6, 6.07) is 11.1. The molecule has 21 heavy (non-hydrogen) atoms. The maximum atomic E-state index is 12.5. The van der Waals surface area contributed by atoms with Crippen LogP contribution in [0.4, 0.5) is 0 Å². The van der Waals surface area contributed by atoms with E-state index in [1.54, 1.807) is 30.5 Å². The van der Waals surface area contributed by atoms with Gasteiger partial charge in [-0.05, 0) is 41.8 Å². The van der Waals surface area contributed by atoms with Crippen molar-refractivity contribution in [2.45, 2.75) is 0 Å². The van der Waals surface area contributed by atoms with Crippen molar-refractivity contribution in [3.05, 3.63) is 59.0 Å². The van der Waals surface area contributed by atoms with E-state index in [0.29, 0.717) is 16.8 Å². The summed E-state index contributed by atoms with van der Waals surface area (Å²) in [4.78, 5) is 12.5. The van der Waals surface area contributed by atoms with E-state index in [1.165, 1.54) is 29.9 Å². The lowest BCUT2D eigenvalue weighted by Crippen LogP contribution is -2.17. The minimum Gasteiger partial charge on any atom is -0.508 e. The molecule has 0 aliphatic carbocycles. The quantitative estimate of drug-likeness (QED) is 0.757. The first-order valence-electron chi connectivity index (χ1n) is 6.32. The molecule has 0 fully saturated rings. The van der Waals surface area contributed by atoms with Crippen molar-refractivity contribution in [1.82, 2.24) is 4.57 Å². The number of nitrogens with zero attached hydrogens (tertiary/aromatic N) is 1. The van der Waals surface area contributed by atoms with E-state index >= 15 is 0 Å². The Morgan fingerprint density at radius 3 is 2.43 bits per heavy atom. The van der Waals surface area contributed by atoms with Crippen LogP contribution in [0.1, 0.15) is 0 Å². The van der Waals surface area contributed by atoms with Crippen LogP contribution in [0.25, 0.3) is 16.5 Å². The highest BCUT2D eigenvalue weighted by Crippen LogP contribution is 2.28. The van der Waals surface area contributed by atoms with Crippen molar-refractivity contribution < 1.29 is 14.9 Å². The third-order valence-corrected chi connectivity index (χ3v) is 3.32. The molecule has 5 nitrogen and oxygen atoms in total. The molecule has 2 N–H and O–H groups in total. The molecule has 106 valence electrons. The number of aromatic hydroxyl groups is 2. The minimum atomic E-state index is -0.335. The molecule has 0 saturated carbocycles. The standard InChI is InChI=1S/C16H13NO4/c1-21-13-8-10-6-7-17(11-2-4-12(18)5-3-11)16(20)15(10)14(19)9-13/h2-9,18-19H,1H3. The number of phenolic OH excluding ortho intramolecular Hbond substituents is 2. The predicted molar refractivity (Wildman–Crippen MR) is 79.4 cm³/mol. The molecule has 0 aliphatic heterocycles. The van der Waals surface area contributed by atoms with Crippen LogP contribution in [0.3, 0.4) is 0 Å². The van der Waals surface area contributed by atoms with E-state index in [4.69, 9.17) is 4.74 Å². The lowest BCUT2D eigenvalue weighted by molar-refractivity contribution is 0.409. The van der Waals surface area contributed by atoms with Crippen molar-refractivity contribution >= 4 is 10.8 Å². The molecule has 0 unspecified atom stereocenters. The average molecular weight is 283 g/mol. The summed E-state index contributed by atoms with van der Waals surface area (Å²) >= 11 is 0. The van der Waals surface area contributed by atoms with Gasteiger partial charge in [0, 0.05) is 18.0 Å². The second-order valence-electron chi connectivity index (χ2n) is 4.62. The summed E-state index contributed by atoms with van der Waals surface area (Å²) < 4.78 is 6.49. The van der Waals surface area contributed by atoms with Crippen LogP contribution < -0.4 is 10.3 Å². The normalized spacial score (nSPS) is 10.7. The maximum Gasteiger partial charge on any atom is 0.266 e. The minimum absolute atomic E-state index is 0.123. The van der Waals surface area contributed by atoms with Crippen LogP contribution in [0, 0.1) is 0 Å². The summed E-state index contributed by atoms with van der Waals surface area (Å²) in [5, 5.41) is 20.2. The molecule has 0 radical (unpaired) electrons. The lowest BCUT2D eigenvalue weighted by atomic mass is 10.1. The van der Waals surface area contributed by atoms with E-state index in [2.05, 4.69) is 0 Å². The fraction of sp³-hybridized carbons (Fsp3) is 0.0625. The van der Waals surface area contributed by atoms with Crippen molar-refractivity contribution in [2.24, 2.45) is 0 Å². The summed E-state index contributed by atoms with van der Waals surface area (Å²) in [6.45, 7) is 0. The number of pyridine rings is 1. The molecule has 1 aromatic heterocycles. The van der Waals surface area contributed by atoms with Gasteiger partial charge in [-0.3, -0.25) is 9.36 Å². The van der Waals surface area contributed by atoms with Crippen LogP contribution in [0.15, 0.2) is 53.5 Å². The van der Waals surface area contributed by atoms with Crippen LogP contribution in [-0.4, -0.2) is 21.9 Å². The SMILES string of the molecule is COc1cc(O)c2c(=O)n(-c3ccc(O)cc3)ccc2c1. The predicted octanol–water partition coefficient (Wildman–Crippen LogP) is 2.41. The molecular weight excluding hydrogens is 270 g/mol. The van der Waals surface area contributed by atoms with Gasteiger partial charge in [0.15, 0.2) is 0 Å². The molecule has 0 amide bonds. The van der Waals surface area contributed by atoms with Crippen molar-refractivity contribution in [1.29, 1.82) is 0 Å². The van der Waals surface area contributed by atoms with Gasteiger partial charge >= 0.3 is 0 Å². The van der Waals surface area contributed by atoms with E-state index in [0.717, 1.165) is 0 Å². The number of benzene rings is 2. The third kappa shape index (κ3) is 2.18. The highest BCUT2D eigenvalue weighted by Gasteiger charge is 2.10. The Morgan fingerprint density at radius 1 is 1.05 bits per heavy atom. The highest BCUT2D eigenvalue weighted by molar-refractivity contribution is 5.88. The van der Waals surface area contributed by atoms with Gasteiger partial charge in [-0.2, -0.15) is 0 Å². The number of phenols is 2. The van der Waals surface area contributed by atoms with Crippen LogP contribution >= 0.6 is 0 Å². The Kier molecular flexibility index (Phi) is 3.02. The summed E-state index contributed by atoms with van der Waals surface area (Å²) in [5.41, 5.74) is 0.272. The van der Waals surface area contributed by atoms with Crippen molar-refractivity contribution in [3.63, 3.8) is 0 Å². The fourth-order valence-corrected chi connectivity index (χ4v) is 2.26. The largest absolute Gasteiger partial charge is 0.508 e. The summed E-state index contributed by atoms with van der Waals surface area (Å²) in [7, 11) is 1.50. The Balaban J connectivity index is 2.28. The summed E-state index contributed by atoms with van der Waals surface area (Å²) in [6.07, 6.45) is 1.62. The van der Waals surface area contributed by atoms with Crippen LogP contribution in [-0.2, 0) is 0 Å². The number of methoxy groups -OCH3 is 1. The van der Waals surface area contributed by atoms with E-state index in [-0.39, 0.29) is 22.4 Å². The second-order valence-corrected chi connectivity index (χ2v) is 4.62. The first-order chi connectivity index (χ1) is 10.1. The number of ether oxygens (including phenoxy) is 1. The molecule has 3 rings (SSSR count). The molecule has 5 heteroatoms. The summed E-state index contributed by atoms with van der Waals surface area (Å²) in [5.74, 6) is 0.490. The first kappa shape index (κ1) is 13.1. The third-order valence-electron chi connectivity index (χ3n) is 3.32. The number of hydrogen-bond acceptors (Lipinski definition) is 4. The smallest absolute Gasteiger partial charge is 0.266 e. The highest BCUT2D eigenvalue weighted by atomic mass is 16.5. The number of hydrogen-bond donors (Lipinski definition) is 2. The molecule has 0 atom stereocenters. The molecule has 2 aromatic carbocycles. The van der Waals surface area contributed by atoms with Crippen LogP contribution in [0.2, 0.25) is 0 Å². The fourth-order valence-electron chi connectivity index (χ4n) is 2.26. The lowest BCUT2D eigenvalue weighted by Gasteiger charge is -2.09. The molecule has 0 bridgehead atoms. The van der Waals surface area contributed by atoms with Crippen molar-refractivity contribution in [2.75, 3.05) is 7.11 Å². The average Bonchev–Trinajstić information content (AvgIpc) is 2.48. The van der Waals surface area contributed by atoms with E-state index in [1.807, 2.05) is 0 Å². The number of rotatable bonds is 2. The molecule has 0 spiro atoms. The second kappa shape index (κ2) is 4.86. The van der Waals surface area contributed by atoms with E-state index < -0.39 is 0 Å². The van der Waals surface area contributed by atoms with Gasteiger partial charge in [0.2, 0.25) is 0 Å². The van der Waals surface area contributed by atoms with Gasteiger partial charge in [0.05, 0.1) is 12.5 Å². The molecule has 0 aliphatic rings. The molecule has 0 saturated heterocycles. The van der Waals surface area contributed by atoms with Gasteiger partial charge in [0.1, 0.15) is 17.2 Å². The van der Waals surface area contributed by atoms with Crippen molar-refractivity contribution in [3.8, 4) is 22.9 Å². The maximum absolute atomic E-state index is 12.5. The molecule has 3 aromatic rings. The first-order valence-corrected chi connectivity index (χ1v) is 6.32.